The number of carbonyl (C=O) groups excluding carboxylic acids is 1. The second kappa shape index (κ2) is 3.37. The molecule has 5 heteroatoms. The molecule has 0 aliphatic carbocycles. The van der Waals surface area contributed by atoms with Crippen molar-refractivity contribution in [1.29, 1.82) is 0 Å². The Labute approximate surface area is 88.7 Å². The van der Waals surface area contributed by atoms with Crippen LogP contribution in [0.4, 0.5) is 13.2 Å². The Hall–Kier alpha value is -1.78. The number of halogens is 3. The van der Waals surface area contributed by atoms with Crippen molar-refractivity contribution in [3.05, 3.63) is 35.6 Å². The molecule has 1 aromatic heterocycles. The van der Waals surface area contributed by atoms with Crippen molar-refractivity contribution in [1.82, 2.24) is 0 Å². The number of rotatable bonds is 1. The van der Waals surface area contributed by atoms with E-state index in [0.29, 0.717) is 0 Å². The Kier molecular flexibility index (Phi) is 2.26. The molecule has 0 bridgehead atoms. The quantitative estimate of drug-likeness (QED) is 0.697. The molecule has 1 aromatic carbocycles. The van der Waals surface area contributed by atoms with Gasteiger partial charge in [-0.15, -0.1) is 0 Å². The van der Waals surface area contributed by atoms with Gasteiger partial charge >= 0.3 is 6.18 Å². The molecule has 2 rings (SSSR count). The van der Waals surface area contributed by atoms with Gasteiger partial charge in [-0.25, -0.2) is 0 Å². The number of carbonyl (C=O) groups is 1. The summed E-state index contributed by atoms with van der Waals surface area (Å²) in [6.07, 6.45) is -4.53. The maximum absolute atomic E-state index is 12.4. The van der Waals surface area contributed by atoms with E-state index in [1.165, 1.54) is 25.1 Å². The van der Waals surface area contributed by atoms with Gasteiger partial charge in [-0.2, -0.15) is 13.2 Å². The third-order valence-electron chi connectivity index (χ3n) is 2.22. The fraction of sp³-hybridized carbons (Fsp3) is 0.182. The summed E-state index contributed by atoms with van der Waals surface area (Å²) in [5.41, 5.74) is 0.303. The summed E-state index contributed by atoms with van der Waals surface area (Å²) in [5.74, 6) is -1.38. The first kappa shape index (κ1) is 10.7. The van der Waals surface area contributed by atoms with E-state index in [-0.39, 0.29) is 22.3 Å². The predicted molar refractivity (Wildman–Crippen MR) is 51.2 cm³/mol. The second-order valence-corrected chi connectivity index (χ2v) is 3.38. The van der Waals surface area contributed by atoms with Gasteiger partial charge in [0.05, 0.1) is 0 Å². The highest BCUT2D eigenvalue weighted by atomic mass is 19.4. The molecule has 84 valence electrons. The van der Waals surface area contributed by atoms with Crippen LogP contribution >= 0.6 is 0 Å². The standard InChI is InChI=1S/C11H7F3O2/c1-6(15)7-3-2-4-9-8(7)5-10(16-9)11(12,13)14/h2-5H,1H3. The molecule has 0 spiro atoms. The van der Waals surface area contributed by atoms with E-state index >= 15 is 0 Å². The number of ketones is 1. The zero-order valence-corrected chi connectivity index (χ0v) is 8.26. The fourth-order valence-corrected chi connectivity index (χ4v) is 1.51. The van der Waals surface area contributed by atoms with Gasteiger partial charge in [0.1, 0.15) is 5.58 Å². The first-order valence-corrected chi connectivity index (χ1v) is 4.50. The predicted octanol–water partition coefficient (Wildman–Crippen LogP) is 3.65. The normalized spacial score (nSPS) is 12.0. The van der Waals surface area contributed by atoms with Crippen LogP contribution in [0.1, 0.15) is 23.0 Å². The van der Waals surface area contributed by atoms with Crippen LogP contribution in [0.25, 0.3) is 11.0 Å². The fourth-order valence-electron chi connectivity index (χ4n) is 1.51. The van der Waals surface area contributed by atoms with Gasteiger partial charge in [0.2, 0.25) is 5.76 Å². The summed E-state index contributed by atoms with van der Waals surface area (Å²) in [6, 6.07) is 5.21. The molecule has 16 heavy (non-hydrogen) atoms. The molecule has 0 N–H and O–H groups in total. The molecule has 0 aliphatic rings. The van der Waals surface area contributed by atoms with E-state index < -0.39 is 11.9 Å². The van der Waals surface area contributed by atoms with Gasteiger partial charge in [-0.05, 0) is 19.1 Å². The Morgan fingerprint density at radius 1 is 1.31 bits per heavy atom. The van der Waals surface area contributed by atoms with E-state index in [9.17, 15) is 18.0 Å². The Morgan fingerprint density at radius 3 is 2.56 bits per heavy atom. The number of hydrogen-bond acceptors (Lipinski definition) is 2. The SMILES string of the molecule is CC(=O)c1cccc2oc(C(F)(F)F)cc12. The lowest BCUT2D eigenvalue weighted by Crippen LogP contribution is -2.01. The third-order valence-corrected chi connectivity index (χ3v) is 2.22. The number of Topliss-reactive ketones (excluding diaryl/α,β-unsaturated/α-hetero) is 1. The summed E-state index contributed by atoms with van der Waals surface area (Å²) >= 11 is 0. The molecule has 0 saturated carbocycles. The summed E-state index contributed by atoms with van der Waals surface area (Å²) in [4.78, 5) is 11.2. The largest absolute Gasteiger partial charge is 0.451 e. The molecule has 0 fully saturated rings. The monoisotopic (exact) mass is 228 g/mol. The van der Waals surface area contributed by atoms with Gasteiger partial charge in [0, 0.05) is 10.9 Å². The minimum atomic E-state index is -4.53. The summed E-state index contributed by atoms with van der Waals surface area (Å²) < 4.78 is 41.8. The molecule has 2 nitrogen and oxygen atoms in total. The number of fused-ring (bicyclic) bond motifs is 1. The molecule has 0 aliphatic heterocycles. The third kappa shape index (κ3) is 1.68. The zero-order valence-electron chi connectivity index (χ0n) is 8.26. The smallest absolute Gasteiger partial charge is 0.449 e. The molecule has 0 amide bonds. The van der Waals surface area contributed by atoms with E-state index in [1.54, 1.807) is 0 Å². The van der Waals surface area contributed by atoms with Gasteiger partial charge in [0.15, 0.2) is 5.78 Å². The lowest BCUT2D eigenvalue weighted by atomic mass is 10.1. The second-order valence-electron chi connectivity index (χ2n) is 3.38. The van der Waals surface area contributed by atoms with Crippen molar-refractivity contribution in [2.75, 3.05) is 0 Å². The van der Waals surface area contributed by atoms with Crippen LogP contribution in [0.3, 0.4) is 0 Å². The van der Waals surface area contributed by atoms with Crippen LogP contribution in [0, 0.1) is 0 Å². The molecule has 0 unspecified atom stereocenters. The van der Waals surface area contributed by atoms with Crippen LogP contribution in [0.5, 0.6) is 0 Å². The average Bonchev–Trinajstić information content (AvgIpc) is 2.59. The van der Waals surface area contributed by atoms with Gasteiger partial charge in [0.25, 0.3) is 0 Å². The topological polar surface area (TPSA) is 30.2 Å². The number of furan rings is 1. The van der Waals surface area contributed by atoms with E-state index in [1.807, 2.05) is 0 Å². The summed E-state index contributed by atoms with van der Waals surface area (Å²) in [7, 11) is 0. The molecular formula is C11H7F3O2. The maximum Gasteiger partial charge on any atom is 0.449 e. The average molecular weight is 228 g/mol. The first-order chi connectivity index (χ1) is 7.39. The van der Waals surface area contributed by atoms with Crippen molar-refractivity contribution in [2.24, 2.45) is 0 Å². The van der Waals surface area contributed by atoms with Crippen LogP contribution in [-0.4, -0.2) is 5.78 Å². The van der Waals surface area contributed by atoms with E-state index in [0.717, 1.165) is 6.07 Å². The Balaban J connectivity index is 2.71. The highest BCUT2D eigenvalue weighted by molar-refractivity contribution is 6.06. The van der Waals surface area contributed by atoms with Crippen LogP contribution < -0.4 is 0 Å². The van der Waals surface area contributed by atoms with Crippen molar-refractivity contribution < 1.29 is 22.4 Å². The maximum atomic E-state index is 12.4. The highest BCUT2D eigenvalue weighted by Gasteiger charge is 2.35. The summed E-state index contributed by atoms with van der Waals surface area (Å²) in [5, 5.41) is 0.197. The van der Waals surface area contributed by atoms with Gasteiger partial charge < -0.3 is 4.42 Å². The number of benzene rings is 1. The summed E-state index contributed by atoms with van der Waals surface area (Å²) in [6.45, 7) is 1.30. The molecule has 0 atom stereocenters. The Morgan fingerprint density at radius 2 is 2.00 bits per heavy atom. The van der Waals surface area contributed by atoms with E-state index in [4.69, 9.17) is 0 Å². The molecular weight excluding hydrogens is 221 g/mol. The highest BCUT2D eigenvalue weighted by Crippen LogP contribution is 2.34. The van der Waals surface area contributed by atoms with Crippen LogP contribution in [0.15, 0.2) is 28.7 Å². The van der Waals surface area contributed by atoms with Gasteiger partial charge in [-0.3, -0.25) is 4.79 Å². The number of hydrogen-bond donors (Lipinski definition) is 0. The lowest BCUT2D eigenvalue weighted by molar-refractivity contribution is -0.152. The van der Waals surface area contributed by atoms with Crippen molar-refractivity contribution in [2.45, 2.75) is 13.1 Å². The zero-order chi connectivity index (χ0) is 11.9. The molecule has 0 saturated heterocycles. The van der Waals surface area contributed by atoms with Gasteiger partial charge in [-0.1, -0.05) is 12.1 Å². The van der Waals surface area contributed by atoms with E-state index in [2.05, 4.69) is 4.42 Å². The van der Waals surface area contributed by atoms with Crippen LogP contribution in [0.2, 0.25) is 0 Å². The lowest BCUT2D eigenvalue weighted by Gasteiger charge is -1.98. The minimum Gasteiger partial charge on any atom is -0.451 e. The molecule has 2 aromatic rings. The molecule has 0 radical (unpaired) electrons. The van der Waals surface area contributed by atoms with Crippen LogP contribution in [-0.2, 0) is 6.18 Å². The van der Waals surface area contributed by atoms with Crippen molar-refractivity contribution >= 4 is 16.8 Å². The van der Waals surface area contributed by atoms with Crippen molar-refractivity contribution in [3.63, 3.8) is 0 Å². The Bertz CT molecular complexity index is 552. The minimum absolute atomic E-state index is 0.0695. The molecule has 1 heterocycles. The van der Waals surface area contributed by atoms with Crippen molar-refractivity contribution in [3.8, 4) is 0 Å². The first-order valence-electron chi connectivity index (χ1n) is 4.50. The number of alkyl halides is 3.